The Bertz CT molecular complexity index is 2340. The lowest BCUT2D eigenvalue weighted by atomic mass is 9.92. The summed E-state index contributed by atoms with van der Waals surface area (Å²) in [4.78, 5) is 32.3. The van der Waals surface area contributed by atoms with Gasteiger partial charge in [-0.3, -0.25) is 14.3 Å². The first-order chi connectivity index (χ1) is 25.0. The largest absolute Gasteiger partial charge is 0.331 e. The zero-order valence-corrected chi connectivity index (χ0v) is 28.8. The van der Waals surface area contributed by atoms with E-state index < -0.39 is 30.1 Å². The van der Waals surface area contributed by atoms with Crippen molar-refractivity contribution in [1.82, 2.24) is 44.3 Å². The lowest BCUT2D eigenvalue weighted by Gasteiger charge is -2.38. The van der Waals surface area contributed by atoms with Crippen molar-refractivity contribution in [1.29, 1.82) is 0 Å². The molecule has 1 fully saturated rings. The van der Waals surface area contributed by atoms with Crippen molar-refractivity contribution in [3.8, 4) is 16.9 Å². The maximum Gasteiger partial charge on any atom is 0.274 e. The molecule has 266 valence electrons. The molecule has 8 rings (SSSR count). The molecule has 2 aromatic carbocycles. The van der Waals surface area contributed by atoms with Crippen molar-refractivity contribution in [2.24, 2.45) is 5.92 Å². The van der Waals surface area contributed by atoms with Crippen molar-refractivity contribution in [2.45, 2.75) is 58.9 Å². The second kappa shape index (κ2) is 12.7. The number of para-hydroxylation sites is 1. The van der Waals surface area contributed by atoms with Gasteiger partial charge in [0, 0.05) is 46.4 Å². The number of aromatic nitrogens is 8. The van der Waals surface area contributed by atoms with Gasteiger partial charge in [0.25, 0.3) is 17.7 Å². The first-order valence-corrected chi connectivity index (χ1v) is 17.1. The maximum atomic E-state index is 15.7. The molecule has 0 saturated carbocycles. The van der Waals surface area contributed by atoms with Crippen molar-refractivity contribution < 1.29 is 22.8 Å². The fraction of sp³-hybridized carbons (Fsp3) is 0.324. The van der Waals surface area contributed by atoms with Gasteiger partial charge in [-0.15, -0.1) is 5.10 Å². The monoisotopic (exact) mass is 708 g/mol. The van der Waals surface area contributed by atoms with Gasteiger partial charge in [-0.2, -0.15) is 10.2 Å². The third kappa shape index (κ3) is 5.89. The first-order valence-electron chi connectivity index (χ1n) is 17.1. The van der Waals surface area contributed by atoms with Crippen molar-refractivity contribution >= 4 is 23.1 Å². The van der Waals surface area contributed by atoms with E-state index in [-0.39, 0.29) is 36.8 Å². The Balaban J connectivity index is 0.921. The number of hydrogen-bond donors (Lipinski definition) is 1. The molecule has 1 aliphatic heterocycles. The van der Waals surface area contributed by atoms with Crippen LogP contribution in [0.3, 0.4) is 0 Å². The van der Waals surface area contributed by atoms with Crippen LogP contribution >= 0.6 is 0 Å². The van der Waals surface area contributed by atoms with E-state index >= 15 is 8.78 Å². The Labute approximate surface area is 296 Å². The molecule has 0 spiro atoms. The number of fused-ring (bicyclic) bond motifs is 2. The van der Waals surface area contributed by atoms with Crippen molar-refractivity contribution in [2.75, 3.05) is 18.4 Å². The average Bonchev–Trinajstić information content (AvgIpc) is 3.91. The Hall–Kier alpha value is -5.86. The summed E-state index contributed by atoms with van der Waals surface area (Å²) >= 11 is 0. The van der Waals surface area contributed by atoms with Crippen LogP contribution in [-0.2, 0) is 19.4 Å². The number of nitrogens with zero attached hydrogens (tertiary/aromatic N) is 9. The number of likely N-dealkylation sites (tertiary alicyclic amines) is 1. The summed E-state index contributed by atoms with van der Waals surface area (Å²) in [7, 11) is 0. The summed E-state index contributed by atoms with van der Waals surface area (Å²) in [5, 5.41) is 20.0. The molecule has 2 aliphatic rings. The minimum absolute atomic E-state index is 0.0546. The Morgan fingerprint density at radius 1 is 1.06 bits per heavy atom. The van der Waals surface area contributed by atoms with Crippen LogP contribution in [0.2, 0.25) is 0 Å². The van der Waals surface area contributed by atoms with E-state index in [1.165, 1.54) is 21.6 Å². The van der Waals surface area contributed by atoms with Gasteiger partial charge in [0.1, 0.15) is 22.8 Å². The molecule has 1 N–H and O–H groups in total. The topological polar surface area (TPSA) is 128 Å². The Morgan fingerprint density at radius 3 is 2.63 bits per heavy atom. The molecule has 1 unspecified atom stereocenters. The molecule has 6 aromatic rings. The van der Waals surface area contributed by atoms with E-state index in [9.17, 15) is 14.0 Å². The van der Waals surface area contributed by atoms with Gasteiger partial charge in [-0.05, 0) is 76.3 Å². The fourth-order valence-electron chi connectivity index (χ4n) is 7.32. The van der Waals surface area contributed by atoms with E-state index in [0.29, 0.717) is 52.1 Å². The van der Waals surface area contributed by atoms with Gasteiger partial charge >= 0.3 is 0 Å². The predicted molar refractivity (Wildman–Crippen MR) is 185 cm³/mol. The second-order valence-corrected chi connectivity index (χ2v) is 13.6. The van der Waals surface area contributed by atoms with Crippen LogP contribution in [0.4, 0.5) is 18.9 Å². The quantitative estimate of drug-likeness (QED) is 0.223. The van der Waals surface area contributed by atoms with Crippen molar-refractivity contribution in [3.05, 3.63) is 106 Å². The smallest absolute Gasteiger partial charge is 0.274 e. The fourth-order valence-corrected chi connectivity index (χ4v) is 7.32. The molecule has 12 nitrogen and oxygen atoms in total. The number of benzene rings is 2. The highest BCUT2D eigenvalue weighted by molar-refractivity contribution is 6.08. The summed E-state index contributed by atoms with van der Waals surface area (Å²) in [6.45, 7) is 4.81. The predicted octanol–water partition coefficient (Wildman–Crippen LogP) is 5.78. The second-order valence-electron chi connectivity index (χ2n) is 13.6. The standard InChI is InChI=1S/C37H35F3N10O2/c1-21-6-4-8-29(38)33(21)50-31-9-5-7-27(31)32(45-50)36(52)47-15-14-25(37(39,40)20-47)18-48-19-30(44-46-48)24-10-12-26(13-11-24)43-35(51)28-17-41-49-23(3)16-22(2)42-34(28)49/h4,6,8,10-13,16-17,19,25H,5,7,9,14-15,18,20H2,1-3H3,(H,43,51). The van der Waals surface area contributed by atoms with Gasteiger partial charge in [-0.25, -0.2) is 27.4 Å². The van der Waals surface area contributed by atoms with Crippen LogP contribution in [0.25, 0.3) is 22.6 Å². The summed E-state index contributed by atoms with van der Waals surface area (Å²) in [6.07, 6.45) is 5.14. The van der Waals surface area contributed by atoms with Crippen LogP contribution in [0.15, 0.2) is 60.9 Å². The number of amides is 2. The third-order valence-electron chi connectivity index (χ3n) is 9.97. The zero-order chi connectivity index (χ0) is 36.3. The first kappa shape index (κ1) is 33.3. The highest BCUT2D eigenvalue weighted by Gasteiger charge is 2.47. The molecule has 1 aliphatic carbocycles. The summed E-state index contributed by atoms with van der Waals surface area (Å²) in [5.74, 6) is -5.63. The van der Waals surface area contributed by atoms with Crippen LogP contribution in [0.1, 0.15) is 61.9 Å². The number of nitrogens with one attached hydrogen (secondary N) is 1. The Kier molecular flexibility index (Phi) is 8.15. The number of aryl methyl sites for hydroxylation is 3. The van der Waals surface area contributed by atoms with Crippen molar-refractivity contribution in [3.63, 3.8) is 0 Å². The van der Waals surface area contributed by atoms with Crippen LogP contribution in [0.5, 0.6) is 0 Å². The minimum atomic E-state index is -3.19. The van der Waals surface area contributed by atoms with Gasteiger partial charge in [0.15, 0.2) is 11.3 Å². The normalized spacial score (nSPS) is 16.7. The molecule has 4 aromatic heterocycles. The third-order valence-corrected chi connectivity index (χ3v) is 9.97. The molecule has 1 saturated heterocycles. The van der Waals surface area contributed by atoms with E-state index in [0.717, 1.165) is 28.4 Å². The minimum Gasteiger partial charge on any atom is -0.331 e. The van der Waals surface area contributed by atoms with E-state index in [4.69, 9.17) is 0 Å². The number of rotatable bonds is 7. The average molecular weight is 709 g/mol. The van der Waals surface area contributed by atoms with Gasteiger partial charge < -0.3 is 10.2 Å². The highest BCUT2D eigenvalue weighted by Crippen LogP contribution is 2.36. The van der Waals surface area contributed by atoms with Crippen LogP contribution < -0.4 is 5.32 Å². The summed E-state index contributed by atoms with van der Waals surface area (Å²) in [5.41, 5.74) is 6.72. The lowest BCUT2D eigenvalue weighted by molar-refractivity contribution is -0.108. The molecule has 5 heterocycles. The van der Waals surface area contributed by atoms with Gasteiger partial charge in [0.2, 0.25) is 0 Å². The molecular weight excluding hydrogens is 673 g/mol. The number of piperidine rings is 1. The highest BCUT2D eigenvalue weighted by atomic mass is 19.3. The number of carbonyl (C=O) groups is 2. The Morgan fingerprint density at radius 2 is 1.87 bits per heavy atom. The van der Waals surface area contributed by atoms with E-state index in [2.05, 4.69) is 30.8 Å². The molecule has 0 radical (unpaired) electrons. The SMILES string of the molecule is Cc1cc(C)n2ncc(C(=O)Nc3ccc(-c4cn(CC5CCN(C(=O)c6nn(-c7c(C)cccc7F)c7c6CCC7)CC5(F)F)nn4)cc3)c2n1. The zero-order valence-electron chi connectivity index (χ0n) is 28.8. The van der Waals surface area contributed by atoms with E-state index in [1.807, 2.05) is 19.9 Å². The number of anilines is 1. The summed E-state index contributed by atoms with van der Waals surface area (Å²) in [6, 6.07) is 13.6. The number of alkyl halides is 2. The van der Waals surface area contributed by atoms with Crippen LogP contribution in [0, 0.1) is 32.5 Å². The molecule has 2 amide bonds. The number of hydrogen-bond acceptors (Lipinski definition) is 7. The molecule has 52 heavy (non-hydrogen) atoms. The number of carbonyl (C=O) groups excluding carboxylic acids is 2. The van der Waals surface area contributed by atoms with Crippen LogP contribution in [-0.4, -0.2) is 75.1 Å². The number of halogens is 3. The summed E-state index contributed by atoms with van der Waals surface area (Å²) < 4.78 is 50.7. The molecular formula is C37H35F3N10O2. The van der Waals surface area contributed by atoms with Gasteiger partial charge in [0.05, 0.1) is 25.5 Å². The molecule has 1 atom stereocenters. The molecule has 0 bridgehead atoms. The van der Waals surface area contributed by atoms with E-state index in [1.54, 1.807) is 54.0 Å². The van der Waals surface area contributed by atoms with Gasteiger partial charge in [-0.1, -0.05) is 29.5 Å². The molecule has 15 heteroatoms. The maximum absolute atomic E-state index is 15.7. The lowest BCUT2D eigenvalue weighted by Crippen LogP contribution is -2.52.